The molecule has 0 saturated carbocycles. The number of hydrogen-bond acceptors (Lipinski definition) is 5. The SMILES string of the molecule is CN(C)C(=O)Oc1cnc(NN)c(Cl)c1. The van der Waals surface area contributed by atoms with Gasteiger partial charge in [0.15, 0.2) is 11.6 Å². The summed E-state index contributed by atoms with van der Waals surface area (Å²) in [5.41, 5.74) is 2.30. The lowest BCUT2D eigenvalue weighted by Gasteiger charge is -2.11. The van der Waals surface area contributed by atoms with Crippen LogP contribution in [-0.4, -0.2) is 30.1 Å². The van der Waals surface area contributed by atoms with Gasteiger partial charge < -0.3 is 15.1 Å². The first-order valence-corrected chi connectivity index (χ1v) is 4.43. The van der Waals surface area contributed by atoms with E-state index in [2.05, 4.69) is 10.4 Å². The summed E-state index contributed by atoms with van der Waals surface area (Å²) in [6.45, 7) is 0. The Hall–Kier alpha value is -1.53. The van der Waals surface area contributed by atoms with Crippen LogP contribution in [0.25, 0.3) is 0 Å². The molecule has 0 aromatic carbocycles. The number of nitrogens with two attached hydrogens (primary N) is 1. The van der Waals surface area contributed by atoms with Crippen LogP contribution in [0.2, 0.25) is 5.02 Å². The number of carbonyl (C=O) groups excluding carboxylic acids is 1. The van der Waals surface area contributed by atoms with Gasteiger partial charge in [0.1, 0.15) is 0 Å². The van der Waals surface area contributed by atoms with Gasteiger partial charge in [0.25, 0.3) is 0 Å². The van der Waals surface area contributed by atoms with E-state index >= 15 is 0 Å². The van der Waals surface area contributed by atoms with Crippen molar-refractivity contribution in [3.05, 3.63) is 17.3 Å². The number of nitrogen functional groups attached to an aromatic ring is 1. The monoisotopic (exact) mass is 230 g/mol. The van der Waals surface area contributed by atoms with Crippen LogP contribution >= 0.6 is 11.6 Å². The maximum absolute atomic E-state index is 11.2. The molecule has 0 saturated heterocycles. The highest BCUT2D eigenvalue weighted by atomic mass is 35.5. The number of nitrogens with zero attached hydrogens (tertiary/aromatic N) is 2. The number of halogens is 1. The molecule has 7 heteroatoms. The zero-order valence-corrected chi connectivity index (χ0v) is 9.08. The average molecular weight is 231 g/mol. The van der Waals surface area contributed by atoms with Crippen LogP contribution < -0.4 is 16.0 Å². The number of ether oxygens (including phenoxy) is 1. The van der Waals surface area contributed by atoms with E-state index in [0.717, 1.165) is 0 Å². The topological polar surface area (TPSA) is 80.5 Å². The second-order valence-corrected chi connectivity index (χ2v) is 3.32. The highest BCUT2D eigenvalue weighted by Crippen LogP contribution is 2.23. The van der Waals surface area contributed by atoms with Gasteiger partial charge in [-0.3, -0.25) is 0 Å². The number of pyridine rings is 1. The molecule has 0 unspecified atom stereocenters. The lowest BCUT2D eigenvalue weighted by molar-refractivity contribution is 0.171. The third-order valence-electron chi connectivity index (χ3n) is 1.52. The quantitative estimate of drug-likeness (QED) is 0.587. The number of hydrazine groups is 1. The van der Waals surface area contributed by atoms with Crippen molar-refractivity contribution in [2.75, 3.05) is 19.5 Å². The summed E-state index contributed by atoms with van der Waals surface area (Å²) in [5, 5.41) is 0.279. The number of carbonyl (C=O) groups is 1. The summed E-state index contributed by atoms with van der Waals surface area (Å²) < 4.78 is 4.93. The predicted molar refractivity (Wildman–Crippen MR) is 56.8 cm³/mol. The Morgan fingerprint density at radius 1 is 1.67 bits per heavy atom. The molecule has 0 aliphatic heterocycles. The Kier molecular flexibility index (Phi) is 3.70. The molecule has 1 heterocycles. The van der Waals surface area contributed by atoms with E-state index in [0.29, 0.717) is 5.82 Å². The Labute approximate surface area is 91.9 Å². The Morgan fingerprint density at radius 3 is 2.80 bits per heavy atom. The van der Waals surface area contributed by atoms with Crippen molar-refractivity contribution in [2.24, 2.45) is 5.84 Å². The van der Waals surface area contributed by atoms with E-state index in [1.54, 1.807) is 14.1 Å². The lowest BCUT2D eigenvalue weighted by Crippen LogP contribution is -2.25. The van der Waals surface area contributed by atoms with Gasteiger partial charge in [-0.05, 0) is 0 Å². The molecule has 82 valence electrons. The van der Waals surface area contributed by atoms with Gasteiger partial charge in [-0.15, -0.1) is 0 Å². The Bertz CT molecular complexity index is 370. The second kappa shape index (κ2) is 4.81. The van der Waals surface area contributed by atoms with E-state index in [1.165, 1.54) is 17.2 Å². The predicted octanol–water partition coefficient (Wildman–Crippen LogP) is 1.08. The number of hydrogen-bond donors (Lipinski definition) is 2. The summed E-state index contributed by atoms with van der Waals surface area (Å²) >= 11 is 5.78. The molecule has 0 radical (unpaired) electrons. The number of aromatic nitrogens is 1. The number of rotatable bonds is 2. The highest BCUT2D eigenvalue weighted by molar-refractivity contribution is 6.33. The van der Waals surface area contributed by atoms with Crippen molar-refractivity contribution in [1.82, 2.24) is 9.88 Å². The Morgan fingerprint density at radius 2 is 2.33 bits per heavy atom. The molecule has 1 aromatic rings. The third-order valence-corrected chi connectivity index (χ3v) is 1.81. The molecule has 3 N–H and O–H groups in total. The van der Waals surface area contributed by atoms with Gasteiger partial charge in [-0.1, -0.05) is 11.6 Å². The molecule has 0 aliphatic carbocycles. The molecule has 6 nitrogen and oxygen atoms in total. The molecule has 1 aromatic heterocycles. The van der Waals surface area contributed by atoms with Crippen LogP contribution in [0.3, 0.4) is 0 Å². The number of nitrogens with one attached hydrogen (secondary N) is 1. The summed E-state index contributed by atoms with van der Waals surface area (Å²) in [7, 11) is 3.15. The minimum absolute atomic E-state index is 0.262. The zero-order chi connectivity index (χ0) is 11.4. The normalized spacial score (nSPS) is 9.60. The smallest absolute Gasteiger partial charge is 0.409 e. The first kappa shape index (κ1) is 11.5. The van der Waals surface area contributed by atoms with Crippen LogP contribution in [0.5, 0.6) is 5.75 Å². The summed E-state index contributed by atoms with van der Waals surface area (Å²) in [5.74, 6) is 5.72. The molecule has 15 heavy (non-hydrogen) atoms. The fourth-order valence-corrected chi connectivity index (χ4v) is 0.985. The molecular formula is C8H11ClN4O2. The van der Waals surface area contributed by atoms with E-state index < -0.39 is 6.09 Å². The fourth-order valence-electron chi connectivity index (χ4n) is 0.774. The fraction of sp³-hybridized carbons (Fsp3) is 0.250. The minimum atomic E-state index is -0.499. The highest BCUT2D eigenvalue weighted by Gasteiger charge is 2.09. The van der Waals surface area contributed by atoms with Crippen LogP contribution in [0.1, 0.15) is 0 Å². The van der Waals surface area contributed by atoms with E-state index in [1.807, 2.05) is 0 Å². The van der Waals surface area contributed by atoms with Gasteiger partial charge in [-0.25, -0.2) is 15.6 Å². The van der Waals surface area contributed by atoms with Crippen molar-refractivity contribution < 1.29 is 9.53 Å². The Balaban J connectivity index is 2.80. The third kappa shape index (κ3) is 2.97. The van der Waals surface area contributed by atoms with Crippen molar-refractivity contribution >= 4 is 23.5 Å². The molecule has 0 bridgehead atoms. The summed E-state index contributed by atoms with van der Waals surface area (Å²) in [4.78, 5) is 16.3. The van der Waals surface area contributed by atoms with Crippen molar-refractivity contribution in [1.29, 1.82) is 0 Å². The zero-order valence-electron chi connectivity index (χ0n) is 8.32. The summed E-state index contributed by atoms with van der Waals surface area (Å²) in [6.07, 6.45) is 0.851. The van der Waals surface area contributed by atoms with Gasteiger partial charge in [0.2, 0.25) is 0 Å². The van der Waals surface area contributed by atoms with Crippen LogP contribution in [0.15, 0.2) is 12.3 Å². The van der Waals surface area contributed by atoms with Gasteiger partial charge >= 0.3 is 6.09 Å². The van der Waals surface area contributed by atoms with Crippen LogP contribution in [-0.2, 0) is 0 Å². The molecule has 0 aliphatic rings. The maximum Gasteiger partial charge on any atom is 0.414 e. The van der Waals surface area contributed by atoms with E-state index in [4.69, 9.17) is 22.2 Å². The molecule has 0 atom stereocenters. The molecule has 0 spiro atoms. The molecule has 1 rings (SSSR count). The molecule has 0 fully saturated rings. The van der Waals surface area contributed by atoms with Crippen LogP contribution in [0.4, 0.5) is 10.6 Å². The first-order valence-electron chi connectivity index (χ1n) is 4.06. The first-order chi connectivity index (χ1) is 7.04. The molecular weight excluding hydrogens is 220 g/mol. The van der Waals surface area contributed by atoms with Crippen molar-refractivity contribution in [3.8, 4) is 5.75 Å². The van der Waals surface area contributed by atoms with Gasteiger partial charge in [0.05, 0.1) is 11.2 Å². The van der Waals surface area contributed by atoms with Crippen LogP contribution in [0, 0.1) is 0 Å². The standard InChI is InChI=1S/C8H11ClN4O2/c1-13(2)8(14)15-5-3-6(9)7(12-10)11-4-5/h3-4H,10H2,1-2H3,(H,11,12). The number of amides is 1. The number of anilines is 1. The van der Waals surface area contributed by atoms with Gasteiger partial charge in [-0.2, -0.15) is 0 Å². The lowest BCUT2D eigenvalue weighted by atomic mass is 10.4. The van der Waals surface area contributed by atoms with Crippen molar-refractivity contribution in [2.45, 2.75) is 0 Å². The summed E-state index contributed by atoms with van der Waals surface area (Å²) in [6, 6.07) is 1.45. The van der Waals surface area contributed by atoms with E-state index in [9.17, 15) is 4.79 Å². The minimum Gasteiger partial charge on any atom is -0.409 e. The maximum atomic E-state index is 11.2. The second-order valence-electron chi connectivity index (χ2n) is 2.91. The van der Waals surface area contributed by atoms with E-state index in [-0.39, 0.29) is 10.8 Å². The van der Waals surface area contributed by atoms with Gasteiger partial charge in [0, 0.05) is 20.2 Å². The largest absolute Gasteiger partial charge is 0.414 e. The average Bonchev–Trinajstić information content (AvgIpc) is 2.18. The van der Waals surface area contributed by atoms with Crippen molar-refractivity contribution in [3.63, 3.8) is 0 Å². The molecule has 1 amide bonds.